The summed E-state index contributed by atoms with van der Waals surface area (Å²) in [6, 6.07) is 3.83. The topological polar surface area (TPSA) is 149 Å². The molecule has 0 unspecified atom stereocenters. The Morgan fingerprint density at radius 2 is 1.75 bits per heavy atom. The fourth-order valence-electron chi connectivity index (χ4n) is 6.56. The summed E-state index contributed by atoms with van der Waals surface area (Å²) in [6.07, 6.45) is 15.3. The molecule has 8 heteroatoms. The molecular formula is C32H57N3O5. The van der Waals surface area contributed by atoms with Crippen molar-refractivity contribution in [1.82, 2.24) is 10.3 Å². The van der Waals surface area contributed by atoms with Crippen molar-refractivity contribution in [3.63, 3.8) is 0 Å². The van der Waals surface area contributed by atoms with Crippen LogP contribution in [0, 0.1) is 17.8 Å². The Bertz CT molecular complexity index is 841. The third-order valence-corrected chi connectivity index (χ3v) is 8.96. The molecule has 2 rings (SSSR count). The van der Waals surface area contributed by atoms with Gasteiger partial charge in [0.15, 0.2) is 0 Å². The number of hydrogen-bond donors (Lipinski definition) is 6. The van der Waals surface area contributed by atoms with Crippen molar-refractivity contribution in [2.45, 2.75) is 134 Å². The van der Waals surface area contributed by atoms with Crippen molar-refractivity contribution in [2.75, 3.05) is 19.3 Å². The van der Waals surface area contributed by atoms with Gasteiger partial charge in [0.1, 0.15) is 5.82 Å². The molecule has 1 heterocycles. The summed E-state index contributed by atoms with van der Waals surface area (Å²) in [7, 11) is 1.83. The number of pyridine rings is 1. The molecule has 1 saturated carbocycles. The molecule has 1 aromatic heterocycles. The molecule has 0 aliphatic heterocycles. The lowest BCUT2D eigenvalue weighted by Crippen LogP contribution is -2.44. The highest BCUT2D eigenvalue weighted by molar-refractivity contribution is 5.70. The van der Waals surface area contributed by atoms with E-state index in [1.165, 1.54) is 25.7 Å². The summed E-state index contributed by atoms with van der Waals surface area (Å²) in [5.41, 5.74) is 5.99. The molecule has 1 fully saturated rings. The van der Waals surface area contributed by atoms with E-state index >= 15 is 0 Å². The van der Waals surface area contributed by atoms with Gasteiger partial charge in [-0.15, -0.1) is 0 Å². The molecular weight excluding hydrogens is 506 g/mol. The third kappa shape index (κ3) is 12.4. The van der Waals surface area contributed by atoms with Gasteiger partial charge in [-0.05, 0) is 82.0 Å². The maximum atomic E-state index is 12.1. The molecule has 6 atom stereocenters. The summed E-state index contributed by atoms with van der Waals surface area (Å²) in [4.78, 5) is 16.1. The zero-order valence-electron chi connectivity index (χ0n) is 25.1. The molecule has 0 aromatic carbocycles. The van der Waals surface area contributed by atoms with Crippen LogP contribution in [-0.4, -0.2) is 62.8 Å². The van der Waals surface area contributed by atoms with E-state index in [0.29, 0.717) is 37.5 Å². The van der Waals surface area contributed by atoms with E-state index in [1.807, 2.05) is 19.2 Å². The molecule has 0 amide bonds. The van der Waals surface area contributed by atoms with Crippen LogP contribution in [0.2, 0.25) is 0 Å². The zero-order valence-corrected chi connectivity index (χ0v) is 25.1. The van der Waals surface area contributed by atoms with E-state index < -0.39 is 23.6 Å². The summed E-state index contributed by atoms with van der Waals surface area (Å²) < 4.78 is 0. The third-order valence-electron chi connectivity index (χ3n) is 8.96. The van der Waals surface area contributed by atoms with Gasteiger partial charge in [-0.2, -0.15) is 0 Å². The minimum Gasteiger partial charge on any atom is -0.481 e. The molecule has 1 aliphatic carbocycles. The highest BCUT2D eigenvalue weighted by Gasteiger charge is 2.44. The highest BCUT2D eigenvalue weighted by atomic mass is 16.4. The number of unbranched alkanes of at least 4 members (excludes halogenated alkanes) is 7. The maximum Gasteiger partial charge on any atom is 0.309 e. The fourth-order valence-corrected chi connectivity index (χ4v) is 6.56. The minimum atomic E-state index is -1.01. The van der Waals surface area contributed by atoms with Crippen LogP contribution in [0.1, 0.15) is 115 Å². The second-order valence-corrected chi connectivity index (χ2v) is 12.4. The number of rotatable bonds is 22. The van der Waals surface area contributed by atoms with E-state index in [4.69, 9.17) is 5.73 Å². The van der Waals surface area contributed by atoms with Crippen molar-refractivity contribution < 1.29 is 25.2 Å². The van der Waals surface area contributed by atoms with E-state index in [-0.39, 0.29) is 18.4 Å². The number of aliphatic hydroxyl groups excluding tert-OH is 2. The minimum absolute atomic E-state index is 0.231. The Morgan fingerprint density at radius 1 is 1.10 bits per heavy atom. The second kappa shape index (κ2) is 18.6. The number of nitrogens with one attached hydrogen (secondary N) is 1. The van der Waals surface area contributed by atoms with Gasteiger partial charge < -0.3 is 31.5 Å². The number of nitrogens with zero attached hydrogens (tertiary/aromatic N) is 1. The number of carboxylic acids is 1. The van der Waals surface area contributed by atoms with Crippen LogP contribution < -0.4 is 11.1 Å². The van der Waals surface area contributed by atoms with Crippen LogP contribution in [0.4, 0.5) is 5.82 Å². The van der Waals surface area contributed by atoms with E-state index in [1.54, 1.807) is 6.20 Å². The number of carboxylic acid groups (broad SMARTS) is 1. The van der Waals surface area contributed by atoms with Gasteiger partial charge in [0.2, 0.25) is 0 Å². The Morgan fingerprint density at radius 3 is 2.35 bits per heavy atom. The Balaban J connectivity index is 1.77. The monoisotopic (exact) mass is 563 g/mol. The Labute approximate surface area is 242 Å². The Kier molecular flexibility index (Phi) is 16.1. The first-order valence-corrected chi connectivity index (χ1v) is 15.8. The molecule has 0 bridgehead atoms. The fraction of sp³-hybridized carbons (Fsp3) is 0.812. The largest absolute Gasteiger partial charge is 0.481 e. The first kappa shape index (κ1) is 34.5. The van der Waals surface area contributed by atoms with Crippen LogP contribution in [0.5, 0.6) is 0 Å². The molecule has 0 saturated heterocycles. The second-order valence-electron chi connectivity index (χ2n) is 12.4. The lowest BCUT2D eigenvalue weighted by molar-refractivity contribution is -0.147. The number of hydrogen-bond acceptors (Lipinski definition) is 7. The normalized spacial score (nSPS) is 22.2. The van der Waals surface area contributed by atoms with Crippen molar-refractivity contribution in [1.29, 1.82) is 0 Å². The van der Waals surface area contributed by atoms with Gasteiger partial charge in [-0.3, -0.25) is 4.79 Å². The summed E-state index contributed by atoms with van der Waals surface area (Å²) >= 11 is 0. The van der Waals surface area contributed by atoms with Crippen LogP contribution >= 0.6 is 0 Å². The lowest BCUT2D eigenvalue weighted by Gasteiger charge is -2.35. The predicted molar refractivity (Wildman–Crippen MR) is 161 cm³/mol. The van der Waals surface area contributed by atoms with Gasteiger partial charge in [0.05, 0.1) is 23.7 Å². The van der Waals surface area contributed by atoms with Crippen molar-refractivity contribution >= 4 is 11.8 Å². The summed E-state index contributed by atoms with van der Waals surface area (Å²) in [5, 5.41) is 45.8. The average molecular weight is 564 g/mol. The van der Waals surface area contributed by atoms with Crippen molar-refractivity contribution in [3.8, 4) is 0 Å². The van der Waals surface area contributed by atoms with E-state index in [2.05, 4.69) is 17.2 Å². The van der Waals surface area contributed by atoms with Crippen LogP contribution in [-0.2, 0) is 11.2 Å². The SMILES string of the molecule is CCCCCCC[C@H](O)CCCCCC[C@H](C(=O)O)[C@H](O)C[C@@H](CNC)[C@]1(O)CC[C@@H](Cc2ccnc(N)c2)C1. The van der Waals surface area contributed by atoms with E-state index in [9.17, 15) is 25.2 Å². The molecule has 1 aliphatic rings. The van der Waals surface area contributed by atoms with Crippen LogP contribution in [0.3, 0.4) is 0 Å². The van der Waals surface area contributed by atoms with Crippen molar-refractivity contribution in [3.05, 3.63) is 23.9 Å². The molecule has 8 nitrogen and oxygen atoms in total. The quantitative estimate of drug-likeness (QED) is 0.107. The van der Waals surface area contributed by atoms with E-state index in [0.717, 1.165) is 63.4 Å². The number of aliphatic carboxylic acids is 1. The summed E-state index contributed by atoms with van der Waals surface area (Å²) in [6.45, 7) is 2.73. The zero-order chi connectivity index (χ0) is 29.4. The van der Waals surface area contributed by atoms with Crippen LogP contribution in [0.25, 0.3) is 0 Å². The number of aliphatic hydroxyl groups is 3. The number of anilines is 1. The molecule has 1 aromatic rings. The molecule has 0 radical (unpaired) electrons. The Hall–Kier alpha value is -1.74. The molecule has 230 valence electrons. The number of aromatic nitrogens is 1. The van der Waals surface area contributed by atoms with Gasteiger partial charge in [-0.25, -0.2) is 4.98 Å². The standard InChI is InChI=1S/C32H57N3O5/c1-3-4-5-6-9-12-27(36)13-10-7-8-11-14-28(31(38)39)29(37)21-26(23-34-2)32(40)17-15-25(22-32)19-24-16-18-35-30(33)20-24/h16,18,20,25-29,34,36-37,40H,3-15,17,19,21-23H2,1-2H3,(H2,33,35)(H,38,39)/t25-,26-,27-,28-,29+,32-/m0/s1. The lowest BCUT2D eigenvalue weighted by atomic mass is 9.78. The predicted octanol–water partition coefficient (Wildman–Crippen LogP) is 5.09. The first-order valence-electron chi connectivity index (χ1n) is 15.8. The maximum absolute atomic E-state index is 12.1. The molecule has 0 spiro atoms. The summed E-state index contributed by atoms with van der Waals surface area (Å²) in [5.74, 6) is -1.25. The number of carbonyl (C=O) groups is 1. The first-order chi connectivity index (χ1) is 19.2. The van der Waals surface area contributed by atoms with Gasteiger partial charge >= 0.3 is 5.97 Å². The number of nitrogens with two attached hydrogens (primary N) is 1. The van der Waals surface area contributed by atoms with Gasteiger partial charge in [-0.1, -0.05) is 64.7 Å². The van der Waals surface area contributed by atoms with Crippen molar-refractivity contribution in [2.24, 2.45) is 17.8 Å². The molecule has 7 N–H and O–H groups in total. The number of nitrogen functional groups attached to an aromatic ring is 1. The van der Waals surface area contributed by atoms with Gasteiger partial charge in [0, 0.05) is 18.7 Å². The average Bonchev–Trinajstić information content (AvgIpc) is 3.28. The van der Waals surface area contributed by atoms with Crippen LogP contribution in [0.15, 0.2) is 18.3 Å². The highest BCUT2D eigenvalue weighted by Crippen LogP contribution is 2.43. The smallest absolute Gasteiger partial charge is 0.309 e. The van der Waals surface area contributed by atoms with Gasteiger partial charge in [0.25, 0.3) is 0 Å². The molecule has 40 heavy (non-hydrogen) atoms.